The van der Waals surface area contributed by atoms with E-state index in [4.69, 9.17) is 29.2 Å². The molecule has 0 aromatic rings. The van der Waals surface area contributed by atoms with Crippen LogP contribution in [0, 0.1) is 11.8 Å². The molecule has 0 amide bonds. The molecule has 0 heterocycles. The van der Waals surface area contributed by atoms with Crippen LogP contribution < -0.4 is 0 Å². The molecule has 0 saturated heterocycles. The first kappa shape index (κ1) is 21.3. The van der Waals surface area contributed by atoms with Gasteiger partial charge in [0.1, 0.15) is 0 Å². The van der Waals surface area contributed by atoms with Gasteiger partial charge in [-0.2, -0.15) is 13.1 Å². The van der Waals surface area contributed by atoms with Crippen LogP contribution >= 0.6 is 18.6 Å². The Kier molecular flexibility index (Phi) is 13.0. The molecule has 0 aromatic carbocycles. The van der Waals surface area contributed by atoms with Gasteiger partial charge in [-0.25, -0.2) is 0 Å². The van der Waals surface area contributed by atoms with Crippen molar-refractivity contribution in [2.24, 2.45) is 11.8 Å². The van der Waals surface area contributed by atoms with Crippen molar-refractivity contribution in [3.8, 4) is 0 Å². The van der Waals surface area contributed by atoms with E-state index in [0.29, 0.717) is 12.1 Å². The van der Waals surface area contributed by atoms with E-state index in [1.807, 2.05) is 0 Å². The molecule has 0 radical (unpaired) electrons. The van der Waals surface area contributed by atoms with Crippen LogP contribution in [-0.2, 0) is 17.0 Å². The standard InChI is InChI=1S/C17H32N2.2ClH.Ti/c1-14-8-3-5-10-16(14)18-12-7-13-19-17-11-6-4-9-15(17)2;;;/h14-17H,3-13H2,1-2H3;2*1H;/q-2;;;+2/p-2. The topological polar surface area (TPSA) is 28.2 Å². The van der Waals surface area contributed by atoms with Crippen LogP contribution in [0.15, 0.2) is 0 Å². The van der Waals surface area contributed by atoms with Gasteiger partial charge in [0, 0.05) is 0 Å². The van der Waals surface area contributed by atoms with Crippen molar-refractivity contribution < 1.29 is 17.0 Å². The number of halogens is 2. The van der Waals surface area contributed by atoms with E-state index in [-0.39, 0.29) is 0 Å². The van der Waals surface area contributed by atoms with Gasteiger partial charge in [0.2, 0.25) is 0 Å². The molecule has 2 aliphatic carbocycles. The zero-order valence-electron chi connectivity index (χ0n) is 14.2. The van der Waals surface area contributed by atoms with Crippen molar-refractivity contribution in [1.29, 1.82) is 0 Å². The van der Waals surface area contributed by atoms with Crippen molar-refractivity contribution in [3.05, 3.63) is 10.6 Å². The van der Waals surface area contributed by atoms with Gasteiger partial charge in [-0.15, -0.1) is 12.1 Å². The normalized spacial score (nSPS) is 32.0. The second-order valence-corrected chi connectivity index (χ2v) is 9.47. The Labute approximate surface area is 154 Å². The molecule has 4 unspecified atom stereocenters. The molecule has 2 nitrogen and oxygen atoms in total. The predicted molar refractivity (Wildman–Crippen MR) is 95.6 cm³/mol. The third-order valence-electron chi connectivity index (χ3n) is 5.18. The Hall–Kier alpha value is 1.21. The fourth-order valence-electron chi connectivity index (χ4n) is 3.72. The minimum absolute atomic E-state index is 0.556. The van der Waals surface area contributed by atoms with Crippen molar-refractivity contribution in [1.82, 2.24) is 0 Å². The van der Waals surface area contributed by atoms with Gasteiger partial charge >= 0.3 is 35.6 Å². The van der Waals surface area contributed by atoms with E-state index in [1.165, 1.54) is 57.8 Å². The van der Waals surface area contributed by atoms with Crippen LogP contribution in [-0.4, -0.2) is 25.2 Å². The van der Waals surface area contributed by atoms with Crippen LogP contribution in [0.1, 0.15) is 71.6 Å². The summed E-state index contributed by atoms with van der Waals surface area (Å²) in [6.45, 7) is 6.84. The summed E-state index contributed by atoms with van der Waals surface area (Å²) in [6.07, 6.45) is 12.2. The Balaban J connectivity index is 0.000000745. The zero-order valence-corrected chi connectivity index (χ0v) is 17.3. The van der Waals surface area contributed by atoms with Crippen LogP contribution in [0.2, 0.25) is 0 Å². The summed E-state index contributed by atoms with van der Waals surface area (Å²) in [5.74, 6) is 1.65. The minimum atomic E-state index is -0.556. The number of hydrogen-bond donors (Lipinski definition) is 0. The van der Waals surface area contributed by atoms with Gasteiger partial charge in [0.05, 0.1) is 0 Å². The first-order valence-electron chi connectivity index (χ1n) is 8.98. The predicted octanol–water partition coefficient (Wildman–Crippen LogP) is 6.66. The van der Waals surface area contributed by atoms with Gasteiger partial charge in [-0.1, -0.05) is 83.5 Å². The number of rotatable bonds is 6. The number of nitrogens with zero attached hydrogens (tertiary/aromatic N) is 2. The first-order chi connectivity index (χ1) is 10.7. The van der Waals surface area contributed by atoms with Gasteiger partial charge in [-0.3, -0.25) is 0 Å². The zero-order chi connectivity index (χ0) is 16.2. The summed E-state index contributed by atoms with van der Waals surface area (Å²) in [6, 6.07) is 1.31. The molecule has 4 atom stereocenters. The van der Waals surface area contributed by atoms with E-state index in [2.05, 4.69) is 13.8 Å². The van der Waals surface area contributed by atoms with E-state index in [9.17, 15) is 0 Å². The molecular formula is C17H32Cl2N2Ti-2. The second-order valence-electron chi connectivity index (χ2n) is 6.90. The summed E-state index contributed by atoms with van der Waals surface area (Å²) >= 11 is -0.556. The van der Waals surface area contributed by atoms with Gasteiger partial charge in [0.15, 0.2) is 0 Å². The molecule has 22 heavy (non-hydrogen) atoms. The summed E-state index contributed by atoms with van der Waals surface area (Å²) in [5.41, 5.74) is 0. The van der Waals surface area contributed by atoms with Gasteiger partial charge in [0.25, 0.3) is 0 Å². The van der Waals surface area contributed by atoms with Crippen LogP contribution in [0.4, 0.5) is 0 Å². The summed E-state index contributed by atoms with van der Waals surface area (Å²) < 4.78 is 0. The fraction of sp³-hybridized carbons (Fsp3) is 1.00. The second kappa shape index (κ2) is 13.5. The molecule has 2 fully saturated rings. The third kappa shape index (κ3) is 8.90. The van der Waals surface area contributed by atoms with Gasteiger partial charge in [-0.05, 0) is 0 Å². The Morgan fingerprint density at radius 1 is 0.773 bits per heavy atom. The van der Waals surface area contributed by atoms with Crippen molar-refractivity contribution in [2.75, 3.05) is 13.1 Å². The van der Waals surface area contributed by atoms with Crippen molar-refractivity contribution in [2.45, 2.75) is 83.7 Å². The molecule has 2 aliphatic rings. The van der Waals surface area contributed by atoms with Crippen LogP contribution in [0.25, 0.3) is 10.6 Å². The number of hydrogen-bond acceptors (Lipinski definition) is 0. The Bertz CT molecular complexity index is 245. The van der Waals surface area contributed by atoms with Crippen LogP contribution in [0.5, 0.6) is 0 Å². The molecule has 5 heteroatoms. The molecule has 130 valence electrons. The van der Waals surface area contributed by atoms with Crippen molar-refractivity contribution >= 4 is 18.6 Å². The average molecular weight is 383 g/mol. The summed E-state index contributed by atoms with van der Waals surface area (Å²) in [7, 11) is 9.78. The Morgan fingerprint density at radius 2 is 1.14 bits per heavy atom. The molecule has 0 spiro atoms. The fourth-order valence-corrected chi connectivity index (χ4v) is 3.72. The summed E-state index contributed by atoms with van der Waals surface area (Å²) in [5, 5.41) is 9.81. The molecule has 0 N–H and O–H groups in total. The quantitative estimate of drug-likeness (QED) is 0.363. The average Bonchev–Trinajstić information content (AvgIpc) is 2.51. The molecular weight excluding hydrogens is 351 g/mol. The molecule has 0 bridgehead atoms. The third-order valence-corrected chi connectivity index (χ3v) is 5.18. The van der Waals surface area contributed by atoms with Crippen LogP contribution in [0.3, 0.4) is 0 Å². The first-order valence-corrected chi connectivity index (χ1v) is 13.3. The van der Waals surface area contributed by atoms with E-state index in [1.54, 1.807) is 0 Å². The monoisotopic (exact) mass is 382 g/mol. The SMILES string of the molecule is CC1CCCCC1[N-]CCC[N-]C1CCCCC1C.[Cl][Ti][Cl]. The van der Waals surface area contributed by atoms with E-state index in [0.717, 1.165) is 24.9 Å². The molecule has 0 aromatic heterocycles. The molecule has 0 aliphatic heterocycles. The maximum absolute atomic E-state index is 4.91. The Morgan fingerprint density at radius 3 is 1.50 bits per heavy atom. The van der Waals surface area contributed by atoms with Gasteiger partial charge < -0.3 is 10.6 Å². The van der Waals surface area contributed by atoms with Crippen molar-refractivity contribution in [3.63, 3.8) is 0 Å². The maximum atomic E-state index is 4.91. The molecule has 2 rings (SSSR count). The van der Waals surface area contributed by atoms with E-state index >= 15 is 0 Å². The van der Waals surface area contributed by atoms with E-state index < -0.39 is 17.0 Å². The summed E-state index contributed by atoms with van der Waals surface area (Å²) in [4.78, 5) is 0. The molecule has 2 saturated carbocycles.